The first-order valence-corrected chi connectivity index (χ1v) is 5.34. The van der Waals surface area contributed by atoms with Gasteiger partial charge in [-0.15, -0.1) is 0 Å². The zero-order chi connectivity index (χ0) is 12.3. The number of anilines is 1. The molecule has 4 heteroatoms. The first-order chi connectivity index (χ1) is 7.42. The average Bonchev–Trinajstić information content (AvgIpc) is 2.27. The highest BCUT2D eigenvalue weighted by atomic mass is 35.5. The van der Waals surface area contributed by atoms with Crippen molar-refractivity contribution in [1.82, 2.24) is 0 Å². The van der Waals surface area contributed by atoms with Crippen LogP contribution in [0.1, 0.15) is 19.4 Å². The number of halogens is 1. The molecule has 0 fully saturated rings. The highest BCUT2D eigenvalue weighted by molar-refractivity contribution is 6.32. The van der Waals surface area contributed by atoms with Crippen molar-refractivity contribution < 1.29 is 5.11 Å². The molecule has 0 radical (unpaired) electrons. The van der Waals surface area contributed by atoms with Crippen molar-refractivity contribution in [2.45, 2.75) is 19.4 Å². The Labute approximate surface area is 101 Å². The molecule has 3 nitrogen and oxygen atoms in total. The van der Waals surface area contributed by atoms with E-state index in [1.807, 2.05) is 37.9 Å². The predicted molar refractivity (Wildman–Crippen MR) is 65.7 cm³/mol. The third kappa shape index (κ3) is 2.46. The molecule has 0 spiro atoms. The van der Waals surface area contributed by atoms with Crippen LogP contribution in [0.15, 0.2) is 18.2 Å². The molecule has 0 atom stereocenters. The third-order valence-corrected chi connectivity index (χ3v) is 3.07. The fraction of sp³-hybridized carbons (Fsp3) is 0.417. The standard InChI is InChI=1S/C12H15ClN2O/c1-12(2,8-16)15(3)10-5-4-9(7-14)11(13)6-10/h4-6,16H,8H2,1-3H3. The summed E-state index contributed by atoms with van der Waals surface area (Å²) in [7, 11) is 1.88. The van der Waals surface area contributed by atoms with Gasteiger partial charge in [-0.2, -0.15) is 5.26 Å². The molecule has 0 aromatic heterocycles. The fourth-order valence-corrected chi connectivity index (χ4v) is 1.48. The highest BCUT2D eigenvalue weighted by Crippen LogP contribution is 2.26. The van der Waals surface area contributed by atoms with Crippen LogP contribution in [0.3, 0.4) is 0 Å². The van der Waals surface area contributed by atoms with Crippen molar-refractivity contribution in [2.24, 2.45) is 0 Å². The van der Waals surface area contributed by atoms with Gasteiger partial charge in [0.2, 0.25) is 0 Å². The summed E-state index contributed by atoms with van der Waals surface area (Å²) in [5.41, 5.74) is 0.973. The van der Waals surface area contributed by atoms with Gasteiger partial charge in [0.05, 0.1) is 22.7 Å². The van der Waals surface area contributed by atoms with Gasteiger partial charge < -0.3 is 10.0 Å². The molecule has 0 aliphatic rings. The molecule has 0 saturated carbocycles. The largest absolute Gasteiger partial charge is 0.394 e. The van der Waals surface area contributed by atoms with E-state index in [0.717, 1.165) is 5.69 Å². The quantitative estimate of drug-likeness (QED) is 0.880. The molecule has 0 saturated heterocycles. The zero-order valence-corrected chi connectivity index (χ0v) is 10.4. The molecule has 0 bridgehead atoms. The molecule has 0 aliphatic carbocycles. The maximum Gasteiger partial charge on any atom is 0.101 e. The maximum absolute atomic E-state index is 9.27. The minimum Gasteiger partial charge on any atom is -0.394 e. The van der Waals surface area contributed by atoms with E-state index in [-0.39, 0.29) is 12.1 Å². The smallest absolute Gasteiger partial charge is 0.101 e. The van der Waals surface area contributed by atoms with Crippen LogP contribution in [-0.2, 0) is 0 Å². The molecule has 0 aliphatic heterocycles. The zero-order valence-electron chi connectivity index (χ0n) is 9.66. The summed E-state index contributed by atoms with van der Waals surface area (Å²) in [6.45, 7) is 3.90. The van der Waals surface area contributed by atoms with Crippen LogP contribution in [0.4, 0.5) is 5.69 Å². The topological polar surface area (TPSA) is 47.3 Å². The summed E-state index contributed by atoms with van der Waals surface area (Å²) in [4.78, 5) is 1.93. The van der Waals surface area contributed by atoms with Gasteiger partial charge in [0.15, 0.2) is 0 Å². The van der Waals surface area contributed by atoms with Crippen LogP contribution >= 0.6 is 11.6 Å². The number of hydrogen-bond acceptors (Lipinski definition) is 3. The fourth-order valence-electron chi connectivity index (χ4n) is 1.26. The first kappa shape index (κ1) is 12.8. The van der Waals surface area contributed by atoms with Gasteiger partial charge in [-0.3, -0.25) is 0 Å². The van der Waals surface area contributed by atoms with Crippen LogP contribution < -0.4 is 4.90 Å². The molecular weight excluding hydrogens is 224 g/mol. The van der Waals surface area contributed by atoms with Gasteiger partial charge in [-0.25, -0.2) is 0 Å². The summed E-state index contributed by atoms with van der Waals surface area (Å²) in [6.07, 6.45) is 0. The van der Waals surface area contributed by atoms with Crippen LogP contribution in [0.2, 0.25) is 5.02 Å². The number of aliphatic hydroxyl groups is 1. The number of rotatable bonds is 3. The summed E-state index contributed by atoms with van der Waals surface area (Å²) >= 11 is 5.96. The summed E-state index contributed by atoms with van der Waals surface area (Å²) in [6, 6.07) is 7.25. The summed E-state index contributed by atoms with van der Waals surface area (Å²) in [5.74, 6) is 0. The van der Waals surface area contributed by atoms with Gasteiger partial charge in [0, 0.05) is 12.7 Å². The minimum atomic E-state index is -0.364. The lowest BCUT2D eigenvalue weighted by Gasteiger charge is -2.36. The van der Waals surface area contributed by atoms with E-state index < -0.39 is 0 Å². The van der Waals surface area contributed by atoms with E-state index in [1.54, 1.807) is 12.1 Å². The second-order valence-electron chi connectivity index (χ2n) is 4.31. The van der Waals surface area contributed by atoms with E-state index in [9.17, 15) is 5.11 Å². The monoisotopic (exact) mass is 238 g/mol. The van der Waals surface area contributed by atoms with Crippen LogP contribution in [0.25, 0.3) is 0 Å². The maximum atomic E-state index is 9.27. The predicted octanol–water partition coefficient (Wildman–Crippen LogP) is 2.42. The van der Waals surface area contributed by atoms with Crippen molar-refractivity contribution in [3.05, 3.63) is 28.8 Å². The lowest BCUT2D eigenvalue weighted by atomic mass is 10.0. The van der Waals surface area contributed by atoms with Crippen LogP contribution in [0.5, 0.6) is 0 Å². The Kier molecular flexibility index (Phi) is 3.79. The summed E-state index contributed by atoms with van der Waals surface area (Å²) < 4.78 is 0. The molecule has 0 unspecified atom stereocenters. The normalized spacial score (nSPS) is 11.0. The number of aliphatic hydroxyl groups excluding tert-OH is 1. The molecule has 1 rings (SSSR count). The van der Waals surface area contributed by atoms with Crippen molar-refractivity contribution in [3.8, 4) is 6.07 Å². The number of likely N-dealkylation sites (N-methyl/N-ethyl adjacent to an activating group) is 1. The number of nitrogens with zero attached hydrogens (tertiary/aromatic N) is 2. The lowest BCUT2D eigenvalue weighted by Crippen LogP contribution is -2.44. The first-order valence-electron chi connectivity index (χ1n) is 4.96. The molecule has 0 amide bonds. The van der Waals surface area contributed by atoms with Gasteiger partial charge in [-0.05, 0) is 32.0 Å². The summed E-state index contributed by atoms with van der Waals surface area (Å²) in [5, 5.41) is 18.5. The molecule has 0 heterocycles. The Hall–Kier alpha value is -1.24. The lowest BCUT2D eigenvalue weighted by molar-refractivity contribution is 0.216. The molecule has 1 aromatic rings. The molecule has 1 aromatic carbocycles. The number of hydrogen-bond donors (Lipinski definition) is 1. The Morgan fingerprint density at radius 1 is 1.50 bits per heavy atom. The Balaban J connectivity index is 3.08. The minimum absolute atomic E-state index is 0.0428. The Bertz CT molecular complexity index is 424. The van der Waals surface area contributed by atoms with Gasteiger partial charge in [0.1, 0.15) is 6.07 Å². The van der Waals surface area contributed by atoms with Crippen LogP contribution in [0, 0.1) is 11.3 Å². The van der Waals surface area contributed by atoms with Crippen molar-refractivity contribution in [3.63, 3.8) is 0 Å². The van der Waals surface area contributed by atoms with E-state index >= 15 is 0 Å². The van der Waals surface area contributed by atoms with E-state index in [0.29, 0.717) is 10.6 Å². The average molecular weight is 239 g/mol. The molecule has 1 N–H and O–H groups in total. The number of benzene rings is 1. The third-order valence-electron chi connectivity index (χ3n) is 2.76. The van der Waals surface area contributed by atoms with E-state index in [2.05, 4.69) is 0 Å². The SMILES string of the molecule is CN(c1ccc(C#N)c(Cl)c1)C(C)(C)CO. The van der Waals surface area contributed by atoms with Gasteiger partial charge in [-0.1, -0.05) is 11.6 Å². The van der Waals surface area contributed by atoms with Crippen molar-refractivity contribution in [2.75, 3.05) is 18.6 Å². The van der Waals surface area contributed by atoms with Crippen molar-refractivity contribution in [1.29, 1.82) is 5.26 Å². The molecule has 16 heavy (non-hydrogen) atoms. The second-order valence-corrected chi connectivity index (χ2v) is 4.71. The van der Waals surface area contributed by atoms with Crippen LogP contribution in [-0.4, -0.2) is 24.3 Å². The van der Waals surface area contributed by atoms with Gasteiger partial charge >= 0.3 is 0 Å². The number of nitriles is 1. The highest BCUT2D eigenvalue weighted by Gasteiger charge is 2.23. The molecular formula is C12H15ClN2O. The molecule has 86 valence electrons. The van der Waals surface area contributed by atoms with E-state index in [4.69, 9.17) is 16.9 Å². The van der Waals surface area contributed by atoms with Gasteiger partial charge in [0.25, 0.3) is 0 Å². The van der Waals surface area contributed by atoms with Crippen molar-refractivity contribution >= 4 is 17.3 Å². The Morgan fingerprint density at radius 2 is 2.12 bits per heavy atom. The van der Waals surface area contributed by atoms with E-state index in [1.165, 1.54) is 0 Å². The second kappa shape index (κ2) is 4.73. The Morgan fingerprint density at radius 3 is 2.56 bits per heavy atom.